The second kappa shape index (κ2) is 36.8. The highest BCUT2D eigenvalue weighted by molar-refractivity contribution is 6.17. The fourth-order valence-electron chi connectivity index (χ4n) is 2.53. The number of rotatable bonds is 35. The molecule has 0 heterocycles. The van der Waals surface area contributed by atoms with E-state index in [1.165, 1.54) is 0 Å². The molecule has 0 spiro atoms. The summed E-state index contributed by atoms with van der Waals surface area (Å²) in [6.45, 7) is 12.8. The molecule has 0 atom stereocenters. The third-order valence-electron chi connectivity index (χ3n) is 4.44. The van der Waals surface area contributed by atoms with Crippen molar-refractivity contribution in [2.24, 2.45) is 0 Å². The summed E-state index contributed by atoms with van der Waals surface area (Å²) < 4.78 is 59.4. The molecule has 13 heteroatoms. The summed E-state index contributed by atoms with van der Waals surface area (Å²) in [5.74, 6) is 0.500. The smallest absolute Gasteiger partial charge is 0.0701 e. The molecule has 0 aliphatic carbocycles. The van der Waals surface area contributed by atoms with Crippen LogP contribution >= 0.6 is 11.6 Å². The molecule has 38 heavy (non-hydrogen) atoms. The minimum Gasteiger partial charge on any atom is -0.378 e. The van der Waals surface area contributed by atoms with Gasteiger partial charge < -0.3 is 57.4 Å². The van der Waals surface area contributed by atoms with E-state index in [-0.39, 0.29) is 0 Å². The molecule has 0 rings (SSSR count). The SMILES string of the molecule is CNCCOCCOCCOCCOCCOCCOCCOCCOCCOCCOCCOCCCl. The Kier molecular flexibility index (Phi) is 36.6. The molecule has 0 aliphatic heterocycles. The summed E-state index contributed by atoms with van der Waals surface area (Å²) in [5.41, 5.74) is 0. The molecule has 0 saturated heterocycles. The molecule has 1 N–H and O–H groups in total. The van der Waals surface area contributed by atoms with Gasteiger partial charge in [-0.25, -0.2) is 0 Å². The first-order valence-electron chi connectivity index (χ1n) is 13.5. The zero-order valence-corrected chi connectivity index (χ0v) is 24.1. The summed E-state index contributed by atoms with van der Waals surface area (Å²) in [5, 5.41) is 3.02. The van der Waals surface area contributed by atoms with Crippen molar-refractivity contribution in [1.82, 2.24) is 5.32 Å². The quantitative estimate of drug-likeness (QED) is 0.0841. The van der Waals surface area contributed by atoms with Crippen LogP contribution in [-0.4, -0.2) is 165 Å². The highest BCUT2D eigenvalue weighted by Gasteiger charge is 1.96. The van der Waals surface area contributed by atoms with Crippen molar-refractivity contribution in [3.63, 3.8) is 0 Å². The second-order valence-corrected chi connectivity index (χ2v) is 7.91. The van der Waals surface area contributed by atoms with E-state index in [4.69, 9.17) is 63.7 Å². The average molecular weight is 578 g/mol. The van der Waals surface area contributed by atoms with Gasteiger partial charge in [-0.15, -0.1) is 11.6 Å². The van der Waals surface area contributed by atoms with Gasteiger partial charge in [-0.1, -0.05) is 0 Å². The highest BCUT2D eigenvalue weighted by atomic mass is 35.5. The molecule has 12 nitrogen and oxygen atoms in total. The number of ether oxygens (including phenoxy) is 11. The zero-order valence-electron chi connectivity index (χ0n) is 23.3. The molecule has 0 aromatic carbocycles. The van der Waals surface area contributed by atoms with Gasteiger partial charge in [-0.05, 0) is 7.05 Å². The van der Waals surface area contributed by atoms with E-state index in [0.717, 1.165) is 6.54 Å². The molecule has 0 bridgehead atoms. The van der Waals surface area contributed by atoms with E-state index < -0.39 is 0 Å². The number of hydrogen-bond acceptors (Lipinski definition) is 12. The van der Waals surface area contributed by atoms with Gasteiger partial charge in [0.2, 0.25) is 0 Å². The van der Waals surface area contributed by atoms with Gasteiger partial charge in [0.05, 0.1) is 145 Å². The van der Waals surface area contributed by atoms with Crippen molar-refractivity contribution < 1.29 is 52.1 Å². The van der Waals surface area contributed by atoms with Gasteiger partial charge in [0.15, 0.2) is 0 Å². The van der Waals surface area contributed by atoms with Crippen molar-refractivity contribution in [2.75, 3.05) is 165 Å². The van der Waals surface area contributed by atoms with Crippen LogP contribution in [0, 0.1) is 0 Å². The van der Waals surface area contributed by atoms with Crippen LogP contribution in [0.3, 0.4) is 0 Å². The Morgan fingerprint density at radius 2 is 0.500 bits per heavy atom. The van der Waals surface area contributed by atoms with Gasteiger partial charge >= 0.3 is 0 Å². The van der Waals surface area contributed by atoms with Gasteiger partial charge in [0.25, 0.3) is 0 Å². The van der Waals surface area contributed by atoms with Crippen molar-refractivity contribution in [2.45, 2.75) is 0 Å². The number of likely N-dealkylation sites (N-methyl/N-ethyl adjacent to an activating group) is 1. The molecular formula is C25H52ClNO11. The first kappa shape index (κ1) is 37.8. The predicted octanol–water partition coefficient (Wildman–Crippen LogP) is 0.627. The average Bonchev–Trinajstić information content (AvgIpc) is 2.93. The molecule has 0 aliphatic rings. The van der Waals surface area contributed by atoms with Crippen molar-refractivity contribution in [3.05, 3.63) is 0 Å². The number of halogens is 1. The fraction of sp³-hybridized carbons (Fsp3) is 1.00. The Bertz CT molecular complexity index is 382. The second-order valence-electron chi connectivity index (χ2n) is 7.53. The molecule has 0 aromatic heterocycles. The fourth-order valence-corrected chi connectivity index (χ4v) is 2.64. The van der Waals surface area contributed by atoms with E-state index >= 15 is 0 Å². The monoisotopic (exact) mass is 577 g/mol. The molecule has 0 amide bonds. The van der Waals surface area contributed by atoms with Crippen molar-refractivity contribution in [1.29, 1.82) is 0 Å². The van der Waals surface area contributed by atoms with Crippen LogP contribution in [-0.2, 0) is 52.1 Å². The summed E-state index contributed by atoms with van der Waals surface area (Å²) >= 11 is 5.50. The normalized spacial score (nSPS) is 11.5. The maximum Gasteiger partial charge on any atom is 0.0701 e. The number of hydrogen-bond donors (Lipinski definition) is 1. The third kappa shape index (κ3) is 35.8. The Morgan fingerprint density at radius 3 is 0.684 bits per heavy atom. The van der Waals surface area contributed by atoms with Gasteiger partial charge in [0.1, 0.15) is 0 Å². The maximum absolute atomic E-state index is 5.50. The van der Waals surface area contributed by atoms with E-state index in [0.29, 0.717) is 151 Å². The number of nitrogens with one attached hydrogen (secondary N) is 1. The minimum absolute atomic E-state index is 0.500. The van der Waals surface area contributed by atoms with Crippen LogP contribution in [0.15, 0.2) is 0 Å². The van der Waals surface area contributed by atoms with Crippen LogP contribution in [0.5, 0.6) is 0 Å². The first-order chi connectivity index (χ1) is 18.9. The minimum atomic E-state index is 0.500. The maximum atomic E-state index is 5.50. The van der Waals surface area contributed by atoms with Crippen molar-refractivity contribution in [3.8, 4) is 0 Å². The highest BCUT2D eigenvalue weighted by Crippen LogP contribution is 1.87. The number of alkyl halides is 1. The topological polar surface area (TPSA) is 114 Å². The van der Waals surface area contributed by atoms with Crippen LogP contribution in [0.1, 0.15) is 0 Å². The molecule has 0 aromatic rings. The lowest BCUT2D eigenvalue weighted by Gasteiger charge is -2.09. The van der Waals surface area contributed by atoms with Gasteiger partial charge in [-0.2, -0.15) is 0 Å². The summed E-state index contributed by atoms with van der Waals surface area (Å²) in [4.78, 5) is 0. The lowest BCUT2D eigenvalue weighted by Crippen LogP contribution is -2.17. The Morgan fingerprint density at radius 1 is 0.316 bits per heavy atom. The molecule has 0 fully saturated rings. The largest absolute Gasteiger partial charge is 0.378 e. The lowest BCUT2D eigenvalue weighted by atomic mass is 10.6. The molecule has 0 unspecified atom stereocenters. The molecular weight excluding hydrogens is 526 g/mol. The summed E-state index contributed by atoms with van der Waals surface area (Å²) in [6.07, 6.45) is 0. The van der Waals surface area contributed by atoms with E-state index in [9.17, 15) is 0 Å². The Balaban J connectivity index is 3.01. The molecule has 0 saturated carbocycles. The van der Waals surface area contributed by atoms with E-state index in [1.54, 1.807) is 0 Å². The zero-order chi connectivity index (χ0) is 27.5. The molecule has 230 valence electrons. The first-order valence-corrected chi connectivity index (χ1v) is 14.0. The standard InChI is InChI=1S/C25H52ClNO11/c1-27-3-5-29-7-9-31-11-13-33-15-17-35-19-21-37-23-25-38-24-22-36-20-18-34-16-14-32-12-10-30-8-6-28-4-2-26/h27H,2-25H2,1H3. The third-order valence-corrected chi connectivity index (χ3v) is 4.59. The van der Waals surface area contributed by atoms with Gasteiger partial charge in [-0.3, -0.25) is 0 Å². The Labute approximate surface area is 234 Å². The summed E-state index contributed by atoms with van der Waals surface area (Å²) in [6, 6.07) is 0. The van der Waals surface area contributed by atoms with Crippen molar-refractivity contribution >= 4 is 11.6 Å². The lowest BCUT2D eigenvalue weighted by molar-refractivity contribution is -0.0273. The van der Waals surface area contributed by atoms with E-state index in [2.05, 4.69) is 5.32 Å². The van der Waals surface area contributed by atoms with Gasteiger partial charge in [0, 0.05) is 12.4 Å². The van der Waals surface area contributed by atoms with Crippen LogP contribution < -0.4 is 5.32 Å². The summed E-state index contributed by atoms with van der Waals surface area (Å²) in [7, 11) is 1.90. The Hall–Kier alpha value is -0.190. The molecule has 0 radical (unpaired) electrons. The van der Waals surface area contributed by atoms with Crippen LogP contribution in [0.25, 0.3) is 0 Å². The predicted molar refractivity (Wildman–Crippen MR) is 144 cm³/mol. The van der Waals surface area contributed by atoms with Crippen LogP contribution in [0.2, 0.25) is 0 Å². The van der Waals surface area contributed by atoms with Crippen LogP contribution in [0.4, 0.5) is 0 Å². The van der Waals surface area contributed by atoms with E-state index in [1.807, 2.05) is 7.05 Å².